The van der Waals surface area contributed by atoms with Crippen LogP contribution < -0.4 is 9.47 Å². The first-order valence-electron chi connectivity index (χ1n) is 9.74. The Hall–Kier alpha value is -2.28. The lowest BCUT2D eigenvalue weighted by Crippen LogP contribution is -2.49. The van der Waals surface area contributed by atoms with E-state index in [4.69, 9.17) is 26.2 Å². The fourth-order valence-electron chi connectivity index (χ4n) is 3.35. The largest absolute Gasteiger partial charge is 0.493 e. The molecule has 6 nitrogen and oxygen atoms in total. The zero-order valence-electron chi connectivity index (χ0n) is 16.6. The zero-order chi connectivity index (χ0) is 20.6. The van der Waals surface area contributed by atoms with Crippen molar-refractivity contribution in [3.63, 3.8) is 0 Å². The molecule has 3 rings (SSSR count). The van der Waals surface area contributed by atoms with E-state index in [1.165, 1.54) is 5.56 Å². The van der Waals surface area contributed by atoms with Crippen molar-refractivity contribution in [3.8, 4) is 11.5 Å². The molecule has 0 atom stereocenters. The minimum absolute atomic E-state index is 0.0209. The lowest BCUT2D eigenvalue weighted by molar-refractivity contribution is -0.135. The van der Waals surface area contributed by atoms with Crippen molar-refractivity contribution in [1.29, 1.82) is 0 Å². The molecule has 0 unspecified atom stereocenters. The molecule has 1 aliphatic rings. The van der Waals surface area contributed by atoms with Gasteiger partial charge in [0.15, 0.2) is 18.1 Å². The number of piperazine rings is 1. The van der Waals surface area contributed by atoms with E-state index in [1.54, 1.807) is 13.2 Å². The van der Waals surface area contributed by atoms with Gasteiger partial charge in [-0.25, -0.2) is 0 Å². The van der Waals surface area contributed by atoms with E-state index in [0.717, 1.165) is 30.2 Å². The van der Waals surface area contributed by atoms with Crippen molar-refractivity contribution in [2.45, 2.75) is 13.0 Å². The van der Waals surface area contributed by atoms with Gasteiger partial charge in [0.1, 0.15) is 0 Å². The lowest BCUT2D eigenvalue weighted by atomic mass is 10.1. The number of ether oxygens (including phenoxy) is 2. The first-order valence-corrected chi connectivity index (χ1v) is 10.1. The van der Waals surface area contributed by atoms with Crippen LogP contribution in [0.4, 0.5) is 0 Å². The third-order valence-electron chi connectivity index (χ3n) is 5.02. The Kier molecular flexibility index (Phi) is 7.75. The summed E-state index contributed by atoms with van der Waals surface area (Å²) in [4.78, 5) is 16.7. The Labute approximate surface area is 176 Å². The third kappa shape index (κ3) is 6.10. The molecule has 1 amide bonds. The molecule has 0 aliphatic carbocycles. The van der Waals surface area contributed by atoms with E-state index >= 15 is 0 Å². The Balaban J connectivity index is 1.47. The summed E-state index contributed by atoms with van der Waals surface area (Å²) in [5, 5.41) is 9.79. The number of rotatable bonds is 8. The van der Waals surface area contributed by atoms with Gasteiger partial charge >= 0.3 is 0 Å². The van der Waals surface area contributed by atoms with Gasteiger partial charge in [-0.2, -0.15) is 0 Å². The van der Waals surface area contributed by atoms with Crippen LogP contribution in [0.25, 0.3) is 0 Å². The topological polar surface area (TPSA) is 62.2 Å². The molecule has 1 saturated heterocycles. The van der Waals surface area contributed by atoms with Crippen LogP contribution >= 0.6 is 11.6 Å². The third-order valence-corrected chi connectivity index (χ3v) is 5.28. The molecule has 0 spiro atoms. The lowest BCUT2D eigenvalue weighted by Gasteiger charge is -2.34. The average Bonchev–Trinajstić information content (AvgIpc) is 2.75. The van der Waals surface area contributed by atoms with Crippen LogP contribution in [0.1, 0.15) is 11.1 Å². The smallest absolute Gasteiger partial charge is 0.260 e. The van der Waals surface area contributed by atoms with Gasteiger partial charge in [-0.15, -0.1) is 0 Å². The van der Waals surface area contributed by atoms with Gasteiger partial charge in [0, 0.05) is 44.4 Å². The van der Waals surface area contributed by atoms with E-state index in [2.05, 4.69) is 4.90 Å². The number of hydrogen-bond acceptors (Lipinski definition) is 5. The monoisotopic (exact) mass is 418 g/mol. The molecule has 0 aromatic heterocycles. The van der Waals surface area contributed by atoms with Crippen LogP contribution in [-0.2, 0) is 17.8 Å². The summed E-state index contributed by atoms with van der Waals surface area (Å²) >= 11 is 5.94. The van der Waals surface area contributed by atoms with Gasteiger partial charge < -0.3 is 19.5 Å². The van der Waals surface area contributed by atoms with Crippen molar-refractivity contribution in [3.05, 3.63) is 58.6 Å². The molecule has 7 heteroatoms. The van der Waals surface area contributed by atoms with Crippen LogP contribution in [0.5, 0.6) is 11.5 Å². The standard InChI is InChI=1S/C22H27ClN2O4/c1-28-21-14-17(8-13-26)4-7-20(21)29-16-22(27)25-11-9-24(10-12-25)15-18-2-5-19(23)6-3-18/h2-7,14,26H,8-13,15-16H2,1H3. The Bertz CT molecular complexity index is 805. The van der Waals surface area contributed by atoms with E-state index in [-0.39, 0.29) is 19.1 Å². The first kappa shape index (κ1) is 21.4. The highest BCUT2D eigenvalue weighted by Crippen LogP contribution is 2.28. The predicted octanol–water partition coefficient (Wildman–Crippen LogP) is 2.61. The van der Waals surface area contributed by atoms with Gasteiger partial charge in [-0.05, 0) is 41.8 Å². The molecule has 0 saturated carbocycles. The molecule has 156 valence electrons. The zero-order valence-corrected chi connectivity index (χ0v) is 17.4. The van der Waals surface area contributed by atoms with Crippen LogP contribution in [0, 0.1) is 0 Å². The van der Waals surface area contributed by atoms with E-state index < -0.39 is 0 Å². The predicted molar refractivity (Wildman–Crippen MR) is 113 cm³/mol. The highest BCUT2D eigenvalue weighted by atomic mass is 35.5. The number of aliphatic hydroxyl groups is 1. The quantitative estimate of drug-likeness (QED) is 0.714. The summed E-state index contributed by atoms with van der Waals surface area (Å²) in [6, 6.07) is 13.3. The number of carbonyl (C=O) groups excluding carboxylic acids is 1. The molecule has 2 aromatic carbocycles. The molecule has 1 fully saturated rings. The highest BCUT2D eigenvalue weighted by molar-refractivity contribution is 6.30. The SMILES string of the molecule is COc1cc(CCO)ccc1OCC(=O)N1CCN(Cc2ccc(Cl)cc2)CC1. The van der Waals surface area contributed by atoms with Crippen molar-refractivity contribution in [2.24, 2.45) is 0 Å². The van der Waals surface area contributed by atoms with Crippen molar-refractivity contribution in [1.82, 2.24) is 9.80 Å². The first-order chi connectivity index (χ1) is 14.1. The molecular weight excluding hydrogens is 392 g/mol. The van der Waals surface area contributed by atoms with Gasteiger partial charge in [-0.3, -0.25) is 9.69 Å². The Morgan fingerprint density at radius 3 is 2.38 bits per heavy atom. The maximum Gasteiger partial charge on any atom is 0.260 e. The molecule has 1 aliphatic heterocycles. The summed E-state index contributed by atoms with van der Waals surface area (Å²) < 4.78 is 11.0. The highest BCUT2D eigenvalue weighted by Gasteiger charge is 2.22. The number of halogens is 1. The number of carbonyl (C=O) groups is 1. The summed E-state index contributed by atoms with van der Waals surface area (Å²) in [7, 11) is 1.56. The molecule has 0 bridgehead atoms. The number of aliphatic hydroxyl groups excluding tert-OH is 1. The Morgan fingerprint density at radius 1 is 1.03 bits per heavy atom. The van der Waals surface area contributed by atoms with Gasteiger partial charge in [0.05, 0.1) is 7.11 Å². The molecular formula is C22H27ClN2O4. The second-order valence-electron chi connectivity index (χ2n) is 7.03. The molecule has 0 radical (unpaired) electrons. The van der Waals surface area contributed by atoms with Crippen molar-refractivity contribution < 1.29 is 19.4 Å². The van der Waals surface area contributed by atoms with Crippen LogP contribution in [0.2, 0.25) is 5.02 Å². The molecule has 2 aromatic rings. The fourth-order valence-corrected chi connectivity index (χ4v) is 3.48. The maximum atomic E-state index is 12.5. The fraction of sp³-hybridized carbons (Fsp3) is 0.409. The maximum absolute atomic E-state index is 12.5. The molecule has 29 heavy (non-hydrogen) atoms. The summed E-state index contributed by atoms with van der Waals surface area (Å²) in [5.74, 6) is 1.07. The van der Waals surface area contributed by atoms with Crippen LogP contribution in [-0.4, -0.2) is 67.3 Å². The van der Waals surface area contributed by atoms with Crippen LogP contribution in [0.15, 0.2) is 42.5 Å². The van der Waals surface area contributed by atoms with E-state index in [0.29, 0.717) is 31.0 Å². The van der Waals surface area contributed by atoms with E-state index in [9.17, 15) is 4.79 Å². The summed E-state index contributed by atoms with van der Waals surface area (Å²) in [6.07, 6.45) is 0.551. The minimum atomic E-state index is -0.0300. The van der Waals surface area contributed by atoms with E-state index in [1.807, 2.05) is 41.3 Å². The van der Waals surface area contributed by atoms with Crippen LogP contribution in [0.3, 0.4) is 0 Å². The summed E-state index contributed by atoms with van der Waals surface area (Å²) in [5.41, 5.74) is 2.18. The molecule has 1 heterocycles. The summed E-state index contributed by atoms with van der Waals surface area (Å²) in [6.45, 7) is 3.93. The van der Waals surface area contributed by atoms with Crippen molar-refractivity contribution >= 4 is 17.5 Å². The Morgan fingerprint density at radius 2 is 1.72 bits per heavy atom. The number of nitrogens with zero attached hydrogens (tertiary/aromatic N) is 2. The molecule has 1 N–H and O–H groups in total. The second kappa shape index (κ2) is 10.5. The van der Waals surface area contributed by atoms with Gasteiger partial charge in [0.2, 0.25) is 0 Å². The number of hydrogen-bond donors (Lipinski definition) is 1. The number of methoxy groups -OCH3 is 1. The van der Waals surface area contributed by atoms with Crippen molar-refractivity contribution in [2.75, 3.05) is 46.5 Å². The minimum Gasteiger partial charge on any atom is -0.493 e. The average molecular weight is 419 g/mol. The van der Waals surface area contributed by atoms with Gasteiger partial charge in [0.25, 0.3) is 5.91 Å². The second-order valence-corrected chi connectivity index (χ2v) is 7.47. The normalized spacial score (nSPS) is 14.7. The number of benzene rings is 2. The van der Waals surface area contributed by atoms with Gasteiger partial charge in [-0.1, -0.05) is 29.8 Å². The number of amides is 1.